The second-order valence-electron chi connectivity index (χ2n) is 5.12. The Morgan fingerprint density at radius 3 is 2.73 bits per heavy atom. The number of halogens is 2. The molecule has 0 saturated heterocycles. The Hall–Kier alpha value is -3.26. The number of carbonyl (C=O) groups is 1. The SMILES string of the molecule is COC(=O)c1cccc(Nc2nncc(Nc3ccc(F)c(Cl)c3)n2)c1. The fraction of sp³-hybridized carbons (Fsp3) is 0.0588. The zero-order valence-corrected chi connectivity index (χ0v) is 14.3. The summed E-state index contributed by atoms with van der Waals surface area (Å²) in [5, 5.41) is 13.6. The van der Waals surface area contributed by atoms with Crippen LogP contribution >= 0.6 is 11.6 Å². The molecule has 2 N–H and O–H groups in total. The monoisotopic (exact) mass is 373 g/mol. The average Bonchev–Trinajstić information content (AvgIpc) is 2.64. The van der Waals surface area contributed by atoms with E-state index >= 15 is 0 Å². The predicted octanol–water partition coefficient (Wildman–Crippen LogP) is 3.94. The fourth-order valence-corrected chi connectivity index (χ4v) is 2.29. The Morgan fingerprint density at radius 2 is 1.96 bits per heavy atom. The Bertz CT molecular complexity index is 954. The molecular formula is C17H13ClFN5O2. The van der Waals surface area contributed by atoms with Crippen LogP contribution < -0.4 is 10.6 Å². The molecule has 26 heavy (non-hydrogen) atoms. The quantitative estimate of drug-likeness (QED) is 0.655. The summed E-state index contributed by atoms with van der Waals surface area (Å²) in [6, 6.07) is 10.9. The maximum Gasteiger partial charge on any atom is 0.337 e. The highest BCUT2D eigenvalue weighted by Crippen LogP contribution is 2.22. The van der Waals surface area contributed by atoms with E-state index in [0.29, 0.717) is 22.8 Å². The van der Waals surface area contributed by atoms with Crippen molar-refractivity contribution in [1.29, 1.82) is 0 Å². The van der Waals surface area contributed by atoms with E-state index in [0.717, 1.165) is 0 Å². The summed E-state index contributed by atoms with van der Waals surface area (Å²) in [7, 11) is 1.31. The van der Waals surface area contributed by atoms with Crippen LogP contribution in [0.1, 0.15) is 10.4 Å². The molecule has 0 atom stereocenters. The second-order valence-corrected chi connectivity index (χ2v) is 5.52. The highest BCUT2D eigenvalue weighted by atomic mass is 35.5. The summed E-state index contributed by atoms with van der Waals surface area (Å²) in [6.45, 7) is 0. The van der Waals surface area contributed by atoms with Crippen LogP contribution in [-0.2, 0) is 4.74 Å². The van der Waals surface area contributed by atoms with Crippen molar-refractivity contribution in [2.24, 2.45) is 0 Å². The fourth-order valence-electron chi connectivity index (χ4n) is 2.11. The molecule has 7 nitrogen and oxygen atoms in total. The standard InChI is InChI=1S/C17H13ClFN5O2/c1-26-16(25)10-3-2-4-11(7-10)22-17-23-15(9-20-24-17)21-12-5-6-14(19)13(18)8-12/h2-9H,1H3,(H2,21,22,23,24). The number of benzene rings is 2. The lowest BCUT2D eigenvalue weighted by Crippen LogP contribution is -2.04. The summed E-state index contributed by atoms with van der Waals surface area (Å²) < 4.78 is 17.9. The van der Waals surface area contributed by atoms with Crippen LogP contribution in [0.5, 0.6) is 0 Å². The van der Waals surface area contributed by atoms with Gasteiger partial charge in [-0.2, -0.15) is 10.1 Å². The van der Waals surface area contributed by atoms with Crippen LogP contribution in [0, 0.1) is 5.82 Å². The Morgan fingerprint density at radius 1 is 1.15 bits per heavy atom. The lowest BCUT2D eigenvalue weighted by Gasteiger charge is -2.09. The molecule has 0 radical (unpaired) electrons. The Balaban J connectivity index is 1.77. The van der Waals surface area contributed by atoms with Crippen molar-refractivity contribution in [2.75, 3.05) is 17.7 Å². The van der Waals surface area contributed by atoms with Crippen molar-refractivity contribution in [3.8, 4) is 0 Å². The molecule has 0 unspecified atom stereocenters. The molecule has 0 fully saturated rings. The van der Waals surface area contributed by atoms with Crippen LogP contribution in [0.2, 0.25) is 5.02 Å². The molecule has 1 heterocycles. The summed E-state index contributed by atoms with van der Waals surface area (Å²) >= 11 is 5.76. The minimum Gasteiger partial charge on any atom is -0.465 e. The normalized spacial score (nSPS) is 10.3. The lowest BCUT2D eigenvalue weighted by molar-refractivity contribution is 0.0601. The molecule has 9 heteroatoms. The summed E-state index contributed by atoms with van der Waals surface area (Å²) in [6.07, 6.45) is 1.41. The number of anilines is 4. The molecule has 3 rings (SSSR count). The molecule has 132 valence electrons. The van der Waals surface area contributed by atoms with E-state index in [-0.39, 0.29) is 11.0 Å². The van der Waals surface area contributed by atoms with Gasteiger partial charge in [0, 0.05) is 11.4 Å². The zero-order chi connectivity index (χ0) is 18.5. The average molecular weight is 374 g/mol. The highest BCUT2D eigenvalue weighted by molar-refractivity contribution is 6.31. The van der Waals surface area contributed by atoms with Crippen molar-refractivity contribution >= 4 is 40.7 Å². The van der Waals surface area contributed by atoms with Crippen LogP contribution in [-0.4, -0.2) is 28.3 Å². The first-order valence-corrected chi connectivity index (χ1v) is 7.80. The second kappa shape index (κ2) is 7.75. The van der Waals surface area contributed by atoms with E-state index in [2.05, 4.69) is 30.6 Å². The topological polar surface area (TPSA) is 89.0 Å². The van der Waals surface area contributed by atoms with Crippen molar-refractivity contribution in [2.45, 2.75) is 0 Å². The molecule has 3 aromatic rings. The van der Waals surface area contributed by atoms with E-state index in [1.54, 1.807) is 24.3 Å². The van der Waals surface area contributed by atoms with Gasteiger partial charge in [0.05, 0.1) is 23.9 Å². The predicted molar refractivity (Wildman–Crippen MR) is 95.6 cm³/mol. The van der Waals surface area contributed by atoms with Gasteiger partial charge in [-0.25, -0.2) is 9.18 Å². The van der Waals surface area contributed by atoms with E-state index in [9.17, 15) is 9.18 Å². The Kier molecular flexibility index (Phi) is 5.23. The first-order chi connectivity index (χ1) is 12.5. The van der Waals surface area contributed by atoms with Gasteiger partial charge in [0.15, 0.2) is 5.82 Å². The minimum absolute atomic E-state index is 0.00464. The molecule has 0 aliphatic heterocycles. The third-order valence-electron chi connectivity index (χ3n) is 3.29. The van der Waals surface area contributed by atoms with Crippen molar-refractivity contribution in [3.63, 3.8) is 0 Å². The van der Waals surface area contributed by atoms with Gasteiger partial charge in [-0.3, -0.25) is 0 Å². The van der Waals surface area contributed by atoms with Crippen molar-refractivity contribution in [3.05, 3.63) is 65.1 Å². The number of hydrogen-bond donors (Lipinski definition) is 2. The summed E-state index contributed by atoms with van der Waals surface area (Å²) in [5.74, 6) is -0.360. The third kappa shape index (κ3) is 4.22. The molecule has 0 amide bonds. The maximum atomic E-state index is 13.2. The number of nitrogens with one attached hydrogen (secondary N) is 2. The highest BCUT2D eigenvalue weighted by Gasteiger charge is 2.08. The molecule has 2 aromatic carbocycles. The van der Waals surface area contributed by atoms with Crippen LogP contribution in [0.3, 0.4) is 0 Å². The van der Waals surface area contributed by atoms with Gasteiger partial charge in [0.2, 0.25) is 5.95 Å². The number of methoxy groups -OCH3 is 1. The molecule has 0 bridgehead atoms. The van der Waals surface area contributed by atoms with Crippen LogP contribution in [0.4, 0.5) is 27.5 Å². The minimum atomic E-state index is -0.508. The molecular weight excluding hydrogens is 361 g/mol. The number of aromatic nitrogens is 3. The number of hydrogen-bond acceptors (Lipinski definition) is 7. The van der Waals surface area contributed by atoms with Gasteiger partial charge in [-0.05, 0) is 36.4 Å². The van der Waals surface area contributed by atoms with Gasteiger partial charge in [-0.1, -0.05) is 17.7 Å². The van der Waals surface area contributed by atoms with E-state index in [4.69, 9.17) is 11.6 Å². The summed E-state index contributed by atoms with van der Waals surface area (Å²) in [5.41, 5.74) is 1.54. The molecule has 0 aliphatic carbocycles. The number of nitrogens with zero attached hydrogens (tertiary/aromatic N) is 3. The Labute approximate surface area is 153 Å². The number of ether oxygens (including phenoxy) is 1. The van der Waals surface area contributed by atoms with Crippen LogP contribution in [0.15, 0.2) is 48.7 Å². The van der Waals surface area contributed by atoms with E-state index in [1.807, 2.05) is 0 Å². The van der Waals surface area contributed by atoms with E-state index < -0.39 is 11.8 Å². The molecule has 0 aliphatic rings. The number of rotatable bonds is 5. The number of esters is 1. The van der Waals surface area contributed by atoms with Gasteiger partial charge >= 0.3 is 5.97 Å². The van der Waals surface area contributed by atoms with Gasteiger partial charge in [0.25, 0.3) is 0 Å². The first-order valence-electron chi connectivity index (χ1n) is 7.42. The number of carbonyl (C=O) groups excluding carboxylic acids is 1. The third-order valence-corrected chi connectivity index (χ3v) is 3.58. The molecule has 1 aromatic heterocycles. The van der Waals surface area contributed by atoms with E-state index in [1.165, 1.54) is 31.5 Å². The van der Waals surface area contributed by atoms with Crippen molar-refractivity contribution < 1.29 is 13.9 Å². The van der Waals surface area contributed by atoms with Gasteiger partial charge < -0.3 is 15.4 Å². The maximum absolute atomic E-state index is 13.2. The first kappa shape index (κ1) is 17.6. The van der Waals surface area contributed by atoms with Gasteiger partial charge in [-0.15, -0.1) is 5.10 Å². The van der Waals surface area contributed by atoms with Crippen molar-refractivity contribution in [1.82, 2.24) is 15.2 Å². The molecule has 0 spiro atoms. The lowest BCUT2D eigenvalue weighted by atomic mass is 10.2. The zero-order valence-electron chi connectivity index (χ0n) is 13.5. The smallest absolute Gasteiger partial charge is 0.337 e. The summed E-state index contributed by atoms with van der Waals surface area (Å²) in [4.78, 5) is 15.8. The largest absolute Gasteiger partial charge is 0.465 e. The van der Waals surface area contributed by atoms with Crippen LogP contribution in [0.25, 0.3) is 0 Å². The van der Waals surface area contributed by atoms with Gasteiger partial charge in [0.1, 0.15) is 5.82 Å². The molecule has 0 saturated carbocycles.